The fourth-order valence-electron chi connectivity index (χ4n) is 5.06. The lowest BCUT2D eigenvalue weighted by molar-refractivity contribution is 0.0966. The standard InChI is InChI=1S/C23H31NO2/c1-15(2)12-21(25)17-7-8-22-20(14-17)23(16(3)26-22)18-9-11-24-10-5-4-6-19(24)13-18/h7-8,14-15,18-19H,4-6,9-13H2,1-3H3. The number of carbonyl (C=O) groups excluding carboxylic acids is 1. The van der Waals surface area contributed by atoms with Crippen molar-refractivity contribution in [3.63, 3.8) is 0 Å². The Balaban J connectivity index is 1.65. The van der Waals surface area contributed by atoms with Crippen molar-refractivity contribution in [1.82, 2.24) is 4.90 Å². The van der Waals surface area contributed by atoms with E-state index < -0.39 is 0 Å². The van der Waals surface area contributed by atoms with Gasteiger partial charge in [-0.3, -0.25) is 4.79 Å². The number of rotatable bonds is 4. The van der Waals surface area contributed by atoms with E-state index in [0.29, 0.717) is 18.3 Å². The van der Waals surface area contributed by atoms with Crippen LogP contribution in [-0.2, 0) is 0 Å². The van der Waals surface area contributed by atoms with Crippen LogP contribution >= 0.6 is 0 Å². The van der Waals surface area contributed by atoms with Crippen molar-refractivity contribution in [3.05, 3.63) is 35.1 Å². The fourth-order valence-corrected chi connectivity index (χ4v) is 5.06. The molecule has 0 saturated carbocycles. The highest BCUT2D eigenvalue weighted by molar-refractivity contribution is 6.00. The fraction of sp³-hybridized carbons (Fsp3) is 0.609. The van der Waals surface area contributed by atoms with Gasteiger partial charge in [-0.2, -0.15) is 0 Å². The molecule has 0 N–H and O–H groups in total. The van der Waals surface area contributed by atoms with Gasteiger partial charge in [-0.1, -0.05) is 20.3 Å². The van der Waals surface area contributed by atoms with E-state index in [1.807, 2.05) is 12.1 Å². The van der Waals surface area contributed by atoms with Crippen LogP contribution in [0.5, 0.6) is 0 Å². The van der Waals surface area contributed by atoms with Crippen LogP contribution in [0.4, 0.5) is 0 Å². The molecule has 140 valence electrons. The van der Waals surface area contributed by atoms with E-state index >= 15 is 0 Å². The number of Topliss-reactive ketones (excluding diaryl/α,β-unsaturated/α-hetero) is 1. The summed E-state index contributed by atoms with van der Waals surface area (Å²) in [6, 6.07) is 6.76. The van der Waals surface area contributed by atoms with E-state index in [1.54, 1.807) is 0 Å². The molecule has 2 fully saturated rings. The molecule has 2 aromatic rings. The molecular formula is C23H31NO2. The molecule has 0 aliphatic carbocycles. The van der Waals surface area contributed by atoms with Crippen LogP contribution in [0, 0.1) is 12.8 Å². The number of furan rings is 1. The highest BCUT2D eigenvalue weighted by Gasteiger charge is 2.33. The maximum atomic E-state index is 12.5. The molecule has 0 radical (unpaired) electrons. The molecule has 1 aromatic carbocycles. The van der Waals surface area contributed by atoms with E-state index in [4.69, 9.17) is 4.42 Å². The molecule has 0 spiro atoms. The first-order valence-electron chi connectivity index (χ1n) is 10.3. The summed E-state index contributed by atoms with van der Waals surface area (Å²) in [4.78, 5) is 15.2. The molecule has 0 bridgehead atoms. The quantitative estimate of drug-likeness (QED) is 0.661. The average molecular weight is 354 g/mol. The highest BCUT2D eigenvalue weighted by atomic mass is 16.3. The minimum Gasteiger partial charge on any atom is -0.461 e. The van der Waals surface area contributed by atoms with Crippen molar-refractivity contribution in [2.24, 2.45) is 5.92 Å². The Kier molecular flexibility index (Phi) is 4.92. The minimum absolute atomic E-state index is 0.244. The molecule has 2 aliphatic heterocycles. The normalized spacial score (nSPS) is 24.2. The number of aryl methyl sites for hydroxylation is 1. The second kappa shape index (κ2) is 7.19. The Hall–Kier alpha value is -1.61. The summed E-state index contributed by atoms with van der Waals surface area (Å²) < 4.78 is 6.08. The molecule has 3 nitrogen and oxygen atoms in total. The van der Waals surface area contributed by atoms with Gasteiger partial charge < -0.3 is 9.32 Å². The SMILES string of the molecule is Cc1oc2ccc(C(=O)CC(C)C)cc2c1C1CCN2CCCCC2C1. The second-order valence-electron chi connectivity index (χ2n) is 8.71. The molecule has 2 unspecified atom stereocenters. The maximum absolute atomic E-state index is 12.5. The number of hydrogen-bond acceptors (Lipinski definition) is 3. The van der Waals surface area contributed by atoms with Crippen molar-refractivity contribution >= 4 is 16.8 Å². The number of fused-ring (bicyclic) bond motifs is 2. The van der Waals surface area contributed by atoms with Crippen molar-refractivity contribution in [2.75, 3.05) is 13.1 Å². The monoisotopic (exact) mass is 353 g/mol. The Bertz CT molecular complexity index is 804. The number of ketones is 1. The summed E-state index contributed by atoms with van der Waals surface area (Å²) in [5.74, 6) is 2.24. The second-order valence-corrected chi connectivity index (χ2v) is 8.71. The first-order chi connectivity index (χ1) is 12.5. The Labute approximate surface area is 156 Å². The van der Waals surface area contributed by atoms with Crippen molar-refractivity contribution < 1.29 is 9.21 Å². The molecule has 2 atom stereocenters. The Morgan fingerprint density at radius 2 is 2.08 bits per heavy atom. The number of hydrogen-bond donors (Lipinski definition) is 0. The van der Waals surface area contributed by atoms with E-state index in [2.05, 4.69) is 31.7 Å². The number of carbonyl (C=O) groups is 1. The van der Waals surface area contributed by atoms with E-state index in [1.165, 1.54) is 56.1 Å². The van der Waals surface area contributed by atoms with Gasteiger partial charge in [0.05, 0.1) is 0 Å². The molecule has 4 rings (SSSR count). The van der Waals surface area contributed by atoms with Gasteiger partial charge in [0, 0.05) is 29.0 Å². The van der Waals surface area contributed by atoms with Gasteiger partial charge in [0.25, 0.3) is 0 Å². The molecule has 1 aromatic heterocycles. The lowest BCUT2D eigenvalue weighted by Gasteiger charge is -2.42. The summed E-state index contributed by atoms with van der Waals surface area (Å²) in [7, 11) is 0. The van der Waals surface area contributed by atoms with E-state index in [0.717, 1.165) is 22.9 Å². The van der Waals surface area contributed by atoms with Crippen molar-refractivity contribution in [1.29, 1.82) is 0 Å². The molecule has 2 aliphatic rings. The van der Waals surface area contributed by atoms with Gasteiger partial charge in [-0.15, -0.1) is 0 Å². The minimum atomic E-state index is 0.244. The van der Waals surface area contributed by atoms with Crippen molar-refractivity contribution in [2.45, 2.75) is 71.3 Å². The Morgan fingerprint density at radius 1 is 1.23 bits per heavy atom. The Morgan fingerprint density at radius 3 is 2.88 bits per heavy atom. The predicted molar refractivity (Wildman–Crippen MR) is 106 cm³/mol. The predicted octanol–water partition coefficient (Wildman–Crippen LogP) is 5.70. The van der Waals surface area contributed by atoms with Crippen LogP contribution in [0.3, 0.4) is 0 Å². The summed E-state index contributed by atoms with van der Waals surface area (Å²) in [6.07, 6.45) is 7.11. The van der Waals surface area contributed by atoms with E-state index in [-0.39, 0.29) is 5.78 Å². The first-order valence-corrected chi connectivity index (χ1v) is 10.3. The van der Waals surface area contributed by atoms with Gasteiger partial charge in [0.1, 0.15) is 11.3 Å². The third-order valence-corrected chi connectivity index (χ3v) is 6.31. The summed E-state index contributed by atoms with van der Waals surface area (Å²) in [5, 5.41) is 1.17. The number of piperidine rings is 2. The molecular weight excluding hydrogens is 322 g/mol. The smallest absolute Gasteiger partial charge is 0.163 e. The van der Waals surface area contributed by atoms with Crippen LogP contribution in [0.25, 0.3) is 11.0 Å². The zero-order valence-corrected chi connectivity index (χ0v) is 16.4. The summed E-state index contributed by atoms with van der Waals surface area (Å²) >= 11 is 0. The highest BCUT2D eigenvalue weighted by Crippen LogP contribution is 2.41. The average Bonchev–Trinajstić information content (AvgIpc) is 2.95. The maximum Gasteiger partial charge on any atom is 0.163 e. The number of benzene rings is 1. The summed E-state index contributed by atoms with van der Waals surface area (Å²) in [5.41, 5.74) is 3.14. The molecule has 2 saturated heterocycles. The summed E-state index contributed by atoms with van der Waals surface area (Å²) in [6.45, 7) is 8.77. The zero-order chi connectivity index (χ0) is 18.3. The van der Waals surface area contributed by atoms with Crippen LogP contribution < -0.4 is 0 Å². The van der Waals surface area contributed by atoms with Crippen LogP contribution in [0.1, 0.15) is 80.0 Å². The molecule has 3 heterocycles. The van der Waals surface area contributed by atoms with Crippen LogP contribution in [0.2, 0.25) is 0 Å². The first kappa shape index (κ1) is 17.8. The molecule has 3 heteroatoms. The van der Waals surface area contributed by atoms with Crippen LogP contribution in [0.15, 0.2) is 22.6 Å². The lowest BCUT2D eigenvalue weighted by Crippen LogP contribution is -2.44. The van der Waals surface area contributed by atoms with Gasteiger partial charge in [-0.05, 0) is 75.7 Å². The van der Waals surface area contributed by atoms with Crippen LogP contribution in [-0.4, -0.2) is 29.8 Å². The lowest BCUT2D eigenvalue weighted by atomic mass is 9.81. The van der Waals surface area contributed by atoms with Crippen molar-refractivity contribution in [3.8, 4) is 0 Å². The molecule has 0 amide bonds. The topological polar surface area (TPSA) is 33.5 Å². The number of nitrogens with zero attached hydrogens (tertiary/aromatic N) is 1. The third kappa shape index (κ3) is 3.34. The largest absolute Gasteiger partial charge is 0.461 e. The van der Waals surface area contributed by atoms with Gasteiger partial charge in [0.15, 0.2) is 5.78 Å². The van der Waals surface area contributed by atoms with Gasteiger partial charge >= 0.3 is 0 Å². The molecule has 26 heavy (non-hydrogen) atoms. The van der Waals surface area contributed by atoms with Gasteiger partial charge in [0.2, 0.25) is 0 Å². The van der Waals surface area contributed by atoms with Gasteiger partial charge in [-0.25, -0.2) is 0 Å². The zero-order valence-electron chi connectivity index (χ0n) is 16.4. The third-order valence-electron chi connectivity index (χ3n) is 6.31. The van der Waals surface area contributed by atoms with E-state index in [9.17, 15) is 4.79 Å².